The number of rotatable bonds is 5. The van der Waals surface area contributed by atoms with E-state index < -0.39 is 80.7 Å². The van der Waals surface area contributed by atoms with Crippen LogP contribution in [0.25, 0.3) is 0 Å². The molecule has 0 spiro atoms. The van der Waals surface area contributed by atoms with Gasteiger partial charge >= 0.3 is 0 Å². The average Bonchev–Trinajstić information content (AvgIpc) is 0.799. The summed E-state index contributed by atoms with van der Waals surface area (Å²) in [6, 6.07) is 25.0. The molecule has 0 aromatic rings. The van der Waals surface area contributed by atoms with Crippen molar-refractivity contribution in [3.8, 4) is 0 Å². The van der Waals surface area contributed by atoms with Crippen molar-refractivity contribution in [3.05, 3.63) is 0 Å². The Labute approximate surface area is 616 Å². The van der Waals surface area contributed by atoms with Crippen molar-refractivity contribution < 1.29 is 0 Å². The van der Waals surface area contributed by atoms with Crippen molar-refractivity contribution in [3.63, 3.8) is 0 Å². The first-order valence-corrected chi connectivity index (χ1v) is 76.2. The molecule has 0 aliphatic carbocycles. The fraction of sp³-hybridized carbons (Fsp3) is 1.00. The van der Waals surface area contributed by atoms with Gasteiger partial charge in [0.25, 0.3) is 0 Å². The number of hydrogen-bond donors (Lipinski definition) is 0. The van der Waals surface area contributed by atoms with Gasteiger partial charge in [-0.3, -0.25) is 0 Å². The molecule has 0 amide bonds. The van der Waals surface area contributed by atoms with Gasteiger partial charge in [-0.25, -0.2) is 0 Å². The first-order valence-electron chi connectivity index (χ1n) is 42.0. The summed E-state index contributed by atoms with van der Waals surface area (Å²) in [5.41, 5.74) is 9.78. The summed E-state index contributed by atoms with van der Waals surface area (Å²) < 4.78 is 0. The highest BCUT2D eigenvalue weighted by molar-refractivity contribution is 6.97. The molecular weight excluding hydrogens is 1300 g/mol. The lowest BCUT2D eigenvalue weighted by molar-refractivity contribution is 0.0631. The van der Waals surface area contributed by atoms with Crippen LogP contribution in [0.4, 0.5) is 0 Å². The largest absolute Gasteiger partial charge is 0.0695 e. The molecule has 8 saturated heterocycles. The lowest BCUT2D eigenvalue weighted by atomic mass is 9.61. The number of hydrogen-bond acceptors (Lipinski definition) is 0. The highest BCUT2D eigenvalue weighted by atomic mass is 28.4. The predicted molar refractivity (Wildman–Crippen MR) is 478 cm³/mol. The second-order valence-corrected chi connectivity index (χ2v) is 103. The van der Waals surface area contributed by atoms with E-state index in [0.29, 0.717) is 54.1 Å². The van der Waals surface area contributed by atoms with Gasteiger partial charge in [-0.1, -0.05) is 442 Å². The van der Waals surface area contributed by atoms with Gasteiger partial charge in [0, 0.05) is 80.7 Å². The van der Waals surface area contributed by atoms with E-state index in [1.807, 2.05) is 0 Å². The van der Waals surface area contributed by atoms with Crippen LogP contribution in [0.1, 0.15) is 248 Å². The fourth-order valence-corrected chi connectivity index (χ4v) is 75.1. The monoisotopic (exact) mass is 1490 g/mol. The van der Waals surface area contributed by atoms with Gasteiger partial charge in [-0.2, -0.15) is 0 Å². The lowest BCUT2D eigenvalue weighted by Crippen LogP contribution is -2.50. The van der Waals surface area contributed by atoms with Crippen LogP contribution in [0.2, 0.25) is 239 Å². The molecule has 1 atom stereocenters. The smallest absolute Gasteiger partial charge is 0.0479 e. The van der Waals surface area contributed by atoms with E-state index in [-0.39, 0.29) is 0 Å². The Hall–Kier alpha value is 2.17. The minimum atomic E-state index is -0.821. The molecule has 1 unspecified atom stereocenters. The van der Waals surface area contributed by atoms with Crippen molar-refractivity contribution in [2.45, 2.75) is 487 Å². The zero-order valence-electron chi connectivity index (χ0n) is 74.7. The van der Waals surface area contributed by atoms with Gasteiger partial charge in [0.2, 0.25) is 0 Å². The SMILES string of the molecule is CC(C)(C)C1(C)CC[Si](C)(C)CC1.CC1(C)CCC[Si](C)(C)C1.CC1(C)CC[Si](C)(C)CC1.CCC1(C(C)(C)C)CC[Si](C)(C)CC1.CCC1(C)CCC[Si](C)(C)C1.CCC1(C)CC[Si](C)(C)CC1.CCC1(C)C[Si](C)(C)C[Si](C)(C)C1.CCC1(C)C[Si](C)(C)C[Si](C)(C)C1. The van der Waals surface area contributed by atoms with Crippen molar-refractivity contribution in [1.82, 2.24) is 0 Å². The first-order chi connectivity index (χ1) is 42.0. The minimum Gasteiger partial charge on any atom is -0.0695 e. The summed E-state index contributed by atoms with van der Waals surface area (Å²) in [5.74, 6) is 0. The maximum Gasteiger partial charge on any atom is 0.0479 e. The van der Waals surface area contributed by atoms with Gasteiger partial charge in [-0.15, -0.1) is 0 Å². The molecule has 95 heavy (non-hydrogen) atoms. The molecule has 0 aromatic carbocycles. The lowest BCUT2D eigenvalue weighted by Gasteiger charge is -2.50. The third kappa shape index (κ3) is 35.4. The van der Waals surface area contributed by atoms with E-state index in [2.05, 4.69) is 269 Å². The zero-order chi connectivity index (χ0) is 74.7. The Balaban J connectivity index is 0.000000544. The van der Waals surface area contributed by atoms with Gasteiger partial charge in [0.1, 0.15) is 0 Å². The Morgan fingerprint density at radius 2 is 0.505 bits per heavy atom. The third-order valence-electron chi connectivity index (χ3n) is 29.3. The summed E-state index contributed by atoms with van der Waals surface area (Å²) in [6.07, 6.45) is 24.8. The third-order valence-corrected chi connectivity index (χ3v) is 71.8. The summed E-state index contributed by atoms with van der Waals surface area (Å²) >= 11 is 0. The minimum absolute atomic E-state index is 0.498. The molecule has 0 N–H and O–H groups in total. The van der Waals surface area contributed by atoms with Gasteiger partial charge in [0.15, 0.2) is 0 Å². The summed E-state index contributed by atoms with van der Waals surface area (Å²) in [6.45, 7) is 100. The molecule has 8 fully saturated rings. The standard InChI is InChI=1S/C13H28Si.C12H26Si.2C11H26Si2.2C10H22Si.2C9H20Si/c1-7-13(12(2,3)4)8-10-14(5,6)11-9-13;1-11(2,3)12(4)7-9-13(5,6)10-8-12;2*1-7-11(2)8-12(3,4)10-13(5,6)9-11;1-5-10(2)6-8-11(3,4)9-7-10;1-5-10(2)7-6-8-11(3,4)9-10;1-9(2)5-7-10(3,4)8-6-9;1-9(2)6-5-7-10(3,4)8-9/h7-11H2,1-6H3;3*7-10H2,1-6H3;2*5-9H2,1-4H3;2*5-8H2,1-4H3. The molecule has 0 nitrogen and oxygen atoms in total. The quantitative estimate of drug-likeness (QED) is 0.241. The van der Waals surface area contributed by atoms with Crippen LogP contribution in [0.15, 0.2) is 0 Å². The Morgan fingerprint density at radius 3 is 0.737 bits per heavy atom. The molecule has 8 aliphatic heterocycles. The van der Waals surface area contributed by atoms with Crippen molar-refractivity contribution >= 4 is 80.7 Å². The first kappa shape index (κ1) is 95.2. The summed E-state index contributed by atoms with van der Waals surface area (Å²) in [4.78, 5) is 0. The van der Waals surface area contributed by atoms with Crippen LogP contribution < -0.4 is 0 Å². The molecule has 570 valence electrons. The second-order valence-electron chi connectivity index (χ2n) is 49.4. The van der Waals surface area contributed by atoms with Crippen molar-refractivity contribution in [2.24, 2.45) is 54.1 Å². The Morgan fingerprint density at radius 1 is 0.232 bits per heavy atom. The van der Waals surface area contributed by atoms with Crippen molar-refractivity contribution in [1.29, 1.82) is 0 Å². The van der Waals surface area contributed by atoms with Gasteiger partial charge < -0.3 is 0 Å². The second kappa shape index (κ2) is 35.3. The molecule has 0 aromatic heterocycles. The van der Waals surface area contributed by atoms with E-state index >= 15 is 0 Å². The predicted octanol–water partition coefficient (Wildman–Crippen LogP) is 33.1. The van der Waals surface area contributed by atoms with Crippen molar-refractivity contribution in [2.75, 3.05) is 0 Å². The van der Waals surface area contributed by atoms with E-state index in [1.165, 1.54) is 109 Å². The molecule has 0 radical (unpaired) electrons. The zero-order valence-corrected chi connectivity index (χ0v) is 84.7. The molecule has 8 aliphatic rings. The Bertz CT molecular complexity index is 2080. The van der Waals surface area contributed by atoms with Crippen LogP contribution >= 0.6 is 0 Å². The molecule has 10 heteroatoms. The van der Waals surface area contributed by atoms with E-state index in [4.69, 9.17) is 0 Å². The Kier molecular flexibility index (Phi) is 35.3. The average molecular weight is 1490 g/mol. The van der Waals surface area contributed by atoms with Crippen LogP contribution in [0.3, 0.4) is 0 Å². The van der Waals surface area contributed by atoms with Crippen LogP contribution in [0.5, 0.6) is 0 Å². The molecule has 8 rings (SSSR count). The van der Waals surface area contributed by atoms with E-state index in [0.717, 1.165) is 0 Å². The maximum absolute atomic E-state index is 2.61. The topological polar surface area (TPSA) is 0 Å². The molecule has 0 bridgehead atoms. The molecule has 8 heterocycles. The maximum atomic E-state index is 2.61. The normalized spacial score (nSPS) is 29.7. The van der Waals surface area contributed by atoms with Crippen LogP contribution in [-0.2, 0) is 0 Å². The summed E-state index contributed by atoms with van der Waals surface area (Å²) in [5, 5.41) is 0. The summed E-state index contributed by atoms with van der Waals surface area (Å²) in [7, 11) is -7.66. The van der Waals surface area contributed by atoms with Crippen LogP contribution in [-0.4, -0.2) is 80.7 Å². The van der Waals surface area contributed by atoms with Crippen LogP contribution in [0, 0.1) is 54.1 Å². The van der Waals surface area contributed by atoms with E-state index in [1.54, 1.807) is 108 Å². The highest BCUT2D eigenvalue weighted by Gasteiger charge is 2.49. The van der Waals surface area contributed by atoms with Gasteiger partial charge in [0.05, 0.1) is 0 Å². The van der Waals surface area contributed by atoms with E-state index in [9.17, 15) is 0 Å². The molecule has 0 saturated carbocycles. The molecular formula is C85H190Si10. The highest BCUT2D eigenvalue weighted by Crippen LogP contribution is 2.56. The van der Waals surface area contributed by atoms with Gasteiger partial charge in [-0.05, 0) is 99.1 Å². The fourth-order valence-electron chi connectivity index (χ4n) is 22.0.